The SMILES string of the molecule is Cc1ccccc1N=C=[N-]. The number of aliphatic imine (C=N–C) groups is 1. The first-order chi connectivity index (χ1) is 4.84. The summed E-state index contributed by atoms with van der Waals surface area (Å²) in [6.07, 6.45) is 0. The van der Waals surface area contributed by atoms with Crippen molar-refractivity contribution in [3.8, 4) is 0 Å². The molecule has 1 aromatic rings. The molecule has 0 radical (unpaired) electrons. The lowest BCUT2D eigenvalue weighted by Gasteiger charge is -2.00. The van der Waals surface area contributed by atoms with Crippen LogP contribution in [0.1, 0.15) is 5.56 Å². The summed E-state index contributed by atoms with van der Waals surface area (Å²) in [5.74, 6) is 0. The van der Waals surface area contributed by atoms with Gasteiger partial charge in [0.25, 0.3) is 0 Å². The van der Waals surface area contributed by atoms with E-state index >= 15 is 0 Å². The van der Waals surface area contributed by atoms with Crippen molar-refractivity contribution in [2.45, 2.75) is 6.92 Å². The molecule has 0 saturated heterocycles. The van der Waals surface area contributed by atoms with Crippen LogP contribution in [0.5, 0.6) is 0 Å². The number of hydrogen-bond acceptors (Lipinski definition) is 1. The molecule has 0 unspecified atom stereocenters. The molecule has 0 amide bonds. The largest absolute Gasteiger partial charge is 0.422 e. The number of rotatable bonds is 1. The van der Waals surface area contributed by atoms with Gasteiger partial charge in [0, 0.05) is 0 Å². The zero-order valence-corrected chi connectivity index (χ0v) is 5.70. The Kier molecular flexibility index (Phi) is 1.98. The molecule has 0 spiro atoms. The number of aryl methyl sites for hydroxylation is 1. The van der Waals surface area contributed by atoms with Crippen LogP contribution in [0.15, 0.2) is 29.3 Å². The molecule has 1 aromatic carbocycles. The molecular formula is C8H7N2-. The molecule has 0 saturated carbocycles. The fourth-order valence-electron chi connectivity index (χ4n) is 0.743. The van der Waals surface area contributed by atoms with Gasteiger partial charge in [-0.2, -0.15) is 6.01 Å². The maximum absolute atomic E-state index is 8.23. The topological polar surface area (TPSA) is 34.7 Å². The van der Waals surface area contributed by atoms with Crippen molar-refractivity contribution in [2.24, 2.45) is 4.99 Å². The summed E-state index contributed by atoms with van der Waals surface area (Å²) in [5, 5.41) is 8.23. The standard InChI is InChI=1S/C8H7N2/c1-7-4-2-3-5-8(7)10-6-9/h2-5H,1H3/q-1. The third-order valence-electron chi connectivity index (χ3n) is 1.29. The smallest absolute Gasteiger partial charge is 0.0327 e. The summed E-state index contributed by atoms with van der Waals surface area (Å²) in [4.78, 5) is 3.61. The van der Waals surface area contributed by atoms with E-state index in [1.807, 2.05) is 31.2 Å². The molecule has 0 fully saturated rings. The first-order valence-electron chi connectivity index (χ1n) is 3.00. The predicted octanol–water partition coefficient (Wildman–Crippen LogP) is 2.37. The lowest BCUT2D eigenvalue weighted by atomic mass is 10.2. The van der Waals surface area contributed by atoms with Gasteiger partial charge in [0.1, 0.15) is 0 Å². The van der Waals surface area contributed by atoms with Gasteiger partial charge in [-0.1, -0.05) is 24.3 Å². The van der Waals surface area contributed by atoms with Gasteiger partial charge >= 0.3 is 0 Å². The summed E-state index contributed by atoms with van der Waals surface area (Å²) < 4.78 is 0. The fourth-order valence-corrected chi connectivity index (χ4v) is 0.743. The van der Waals surface area contributed by atoms with Crippen LogP contribution in [0.3, 0.4) is 0 Å². The Labute approximate surface area is 59.7 Å². The maximum Gasteiger partial charge on any atom is -0.0327 e. The van der Waals surface area contributed by atoms with Gasteiger partial charge in [0.2, 0.25) is 0 Å². The van der Waals surface area contributed by atoms with Crippen molar-refractivity contribution in [1.82, 2.24) is 0 Å². The summed E-state index contributed by atoms with van der Waals surface area (Å²) in [5.41, 5.74) is 1.79. The molecule has 10 heavy (non-hydrogen) atoms. The van der Waals surface area contributed by atoms with Crippen LogP contribution < -0.4 is 0 Å². The molecule has 0 aliphatic heterocycles. The molecule has 0 heterocycles. The normalized spacial score (nSPS) is 8.50. The zero-order valence-electron chi connectivity index (χ0n) is 5.70. The molecule has 1 rings (SSSR count). The highest BCUT2D eigenvalue weighted by molar-refractivity contribution is 5.57. The van der Waals surface area contributed by atoms with Gasteiger partial charge in [-0.25, -0.2) is 0 Å². The Morgan fingerprint density at radius 1 is 1.40 bits per heavy atom. The second kappa shape index (κ2) is 2.95. The number of nitrogens with zero attached hydrogens (tertiary/aromatic N) is 2. The average Bonchev–Trinajstić information content (AvgIpc) is 1.94. The highest BCUT2D eigenvalue weighted by Gasteiger charge is 1.83. The van der Waals surface area contributed by atoms with Gasteiger partial charge < -0.3 is 10.4 Å². The van der Waals surface area contributed by atoms with Gasteiger partial charge in [-0.3, -0.25) is 0 Å². The summed E-state index contributed by atoms with van der Waals surface area (Å²) >= 11 is 0. The predicted molar refractivity (Wildman–Crippen MR) is 41.6 cm³/mol. The van der Waals surface area contributed by atoms with Crippen molar-refractivity contribution in [2.75, 3.05) is 0 Å². The van der Waals surface area contributed by atoms with Crippen LogP contribution in [-0.4, -0.2) is 6.01 Å². The third kappa shape index (κ3) is 1.30. The van der Waals surface area contributed by atoms with Crippen molar-refractivity contribution in [1.29, 1.82) is 0 Å². The molecule has 0 bridgehead atoms. The molecule has 0 aromatic heterocycles. The Hall–Kier alpha value is -1.40. The molecule has 0 atom stereocenters. The molecule has 0 N–H and O–H groups in total. The van der Waals surface area contributed by atoms with E-state index in [9.17, 15) is 0 Å². The van der Waals surface area contributed by atoms with E-state index in [4.69, 9.17) is 5.41 Å². The highest BCUT2D eigenvalue weighted by Crippen LogP contribution is 2.15. The average molecular weight is 131 g/mol. The maximum atomic E-state index is 8.23. The fraction of sp³-hybridized carbons (Fsp3) is 0.125. The van der Waals surface area contributed by atoms with Crippen LogP contribution in [-0.2, 0) is 0 Å². The van der Waals surface area contributed by atoms with E-state index in [0.29, 0.717) is 0 Å². The Balaban J connectivity index is 3.14. The molecule has 50 valence electrons. The Bertz CT molecular complexity index is 272. The summed E-state index contributed by atoms with van der Waals surface area (Å²) in [6.45, 7) is 1.93. The molecular weight excluding hydrogens is 124 g/mol. The second-order valence-electron chi connectivity index (χ2n) is 2.00. The minimum absolute atomic E-state index is 0.755. The lowest BCUT2D eigenvalue weighted by Crippen LogP contribution is -1.70. The first kappa shape index (κ1) is 6.72. The van der Waals surface area contributed by atoms with Crippen molar-refractivity contribution >= 4 is 11.7 Å². The van der Waals surface area contributed by atoms with Crippen LogP contribution in [0, 0.1) is 6.92 Å². The van der Waals surface area contributed by atoms with E-state index in [2.05, 4.69) is 4.99 Å². The number of benzene rings is 1. The molecule has 0 aliphatic carbocycles. The number of para-hydroxylation sites is 1. The minimum Gasteiger partial charge on any atom is -0.422 e. The molecule has 0 aliphatic rings. The van der Waals surface area contributed by atoms with E-state index < -0.39 is 0 Å². The van der Waals surface area contributed by atoms with Gasteiger partial charge in [0.05, 0.1) is 0 Å². The van der Waals surface area contributed by atoms with Crippen LogP contribution in [0.25, 0.3) is 5.41 Å². The minimum atomic E-state index is 0.755. The Morgan fingerprint density at radius 3 is 2.70 bits per heavy atom. The van der Waals surface area contributed by atoms with Crippen molar-refractivity contribution in [3.63, 3.8) is 0 Å². The summed E-state index contributed by atoms with van der Waals surface area (Å²) in [7, 11) is 0. The van der Waals surface area contributed by atoms with Gasteiger partial charge in [-0.05, 0) is 18.2 Å². The highest BCUT2D eigenvalue weighted by atomic mass is 14.7. The Morgan fingerprint density at radius 2 is 2.10 bits per heavy atom. The third-order valence-corrected chi connectivity index (χ3v) is 1.29. The zero-order chi connectivity index (χ0) is 7.40. The first-order valence-corrected chi connectivity index (χ1v) is 3.00. The number of hydrogen-bond donors (Lipinski definition) is 0. The van der Waals surface area contributed by atoms with Crippen LogP contribution in [0.2, 0.25) is 0 Å². The van der Waals surface area contributed by atoms with E-state index in [1.165, 1.54) is 0 Å². The van der Waals surface area contributed by atoms with Crippen LogP contribution >= 0.6 is 0 Å². The van der Waals surface area contributed by atoms with Crippen LogP contribution in [0.4, 0.5) is 5.69 Å². The quantitative estimate of drug-likeness (QED) is 0.524. The second-order valence-corrected chi connectivity index (χ2v) is 2.00. The van der Waals surface area contributed by atoms with E-state index in [0.717, 1.165) is 11.3 Å². The molecule has 2 nitrogen and oxygen atoms in total. The summed E-state index contributed by atoms with van der Waals surface area (Å²) in [6, 6.07) is 9.28. The van der Waals surface area contributed by atoms with Crippen molar-refractivity contribution in [3.05, 3.63) is 35.2 Å². The van der Waals surface area contributed by atoms with E-state index in [1.54, 1.807) is 6.01 Å². The van der Waals surface area contributed by atoms with Gasteiger partial charge in [0.15, 0.2) is 0 Å². The van der Waals surface area contributed by atoms with E-state index in [-0.39, 0.29) is 0 Å². The lowest BCUT2D eigenvalue weighted by molar-refractivity contribution is 1.41. The molecule has 2 heteroatoms. The monoisotopic (exact) mass is 131 g/mol. The van der Waals surface area contributed by atoms with Crippen molar-refractivity contribution < 1.29 is 0 Å². The van der Waals surface area contributed by atoms with Gasteiger partial charge in [-0.15, -0.1) is 0 Å².